The molecule has 2 aliphatic carbocycles. The topological polar surface area (TPSA) is 77.0 Å². The number of fused-ring (bicyclic) bond motifs is 5. The summed E-state index contributed by atoms with van der Waals surface area (Å²) in [5.74, 6) is 0.342. The van der Waals surface area contributed by atoms with Gasteiger partial charge in [-0.1, -0.05) is 18.2 Å². The minimum absolute atomic E-state index is 0.0351. The van der Waals surface area contributed by atoms with E-state index in [1.54, 1.807) is 25.1 Å². The van der Waals surface area contributed by atoms with E-state index < -0.39 is 0 Å². The Balaban J connectivity index is 1.33. The monoisotopic (exact) mass is 427 g/mol. The maximum absolute atomic E-state index is 14.2. The SMILES string of the molecule is CCNC(=NCc1ccc(N(C)C)c(F)c1)NCCN1C(=O)C2C3C=CC(C3)C2C1=O. The summed E-state index contributed by atoms with van der Waals surface area (Å²) in [4.78, 5) is 33.2. The summed E-state index contributed by atoms with van der Waals surface area (Å²) in [5, 5.41) is 6.33. The lowest BCUT2D eigenvalue weighted by Gasteiger charge is -2.18. The van der Waals surface area contributed by atoms with Gasteiger partial charge in [0, 0.05) is 33.7 Å². The van der Waals surface area contributed by atoms with E-state index in [0.29, 0.717) is 37.8 Å². The third kappa shape index (κ3) is 4.03. The van der Waals surface area contributed by atoms with Gasteiger partial charge in [0.1, 0.15) is 5.82 Å². The number of halogens is 1. The zero-order chi connectivity index (χ0) is 22.1. The van der Waals surface area contributed by atoms with Gasteiger partial charge in [-0.3, -0.25) is 14.5 Å². The smallest absolute Gasteiger partial charge is 0.233 e. The fourth-order valence-electron chi connectivity index (χ4n) is 4.99. The van der Waals surface area contributed by atoms with Crippen LogP contribution in [0.2, 0.25) is 0 Å². The molecule has 2 N–H and O–H groups in total. The highest BCUT2D eigenvalue weighted by Crippen LogP contribution is 2.52. The van der Waals surface area contributed by atoms with Crippen LogP contribution in [0.5, 0.6) is 0 Å². The third-order valence-electron chi connectivity index (χ3n) is 6.45. The van der Waals surface area contributed by atoms with Crippen molar-refractivity contribution in [2.24, 2.45) is 28.7 Å². The number of hydrogen-bond donors (Lipinski definition) is 2. The van der Waals surface area contributed by atoms with Crippen LogP contribution in [0.25, 0.3) is 0 Å². The molecular weight excluding hydrogens is 397 g/mol. The highest BCUT2D eigenvalue weighted by Gasteiger charge is 2.58. The highest BCUT2D eigenvalue weighted by molar-refractivity contribution is 6.06. The van der Waals surface area contributed by atoms with Gasteiger partial charge in [-0.2, -0.15) is 0 Å². The zero-order valence-corrected chi connectivity index (χ0v) is 18.3. The van der Waals surface area contributed by atoms with E-state index in [1.807, 2.05) is 13.0 Å². The summed E-state index contributed by atoms with van der Waals surface area (Å²) in [6, 6.07) is 5.09. The summed E-state index contributed by atoms with van der Waals surface area (Å²) in [7, 11) is 3.60. The van der Waals surface area contributed by atoms with Crippen LogP contribution in [0.1, 0.15) is 18.9 Å². The van der Waals surface area contributed by atoms with Crippen LogP contribution in [0.15, 0.2) is 35.3 Å². The second kappa shape index (κ2) is 8.69. The lowest BCUT2D eigenvalue weighted by molar-refractivity contribution is -0.140. The van der Waals surface area contributed by atoms with Gasteiger partial charge in [-0.25, -0.2) is 9.38 Å². The number of nitrogens with zero attached hydrogens (tertiary/aromatic N) is 3. The first-order chi connectivity index (χ1) is 14.9. The number of likely N-dealkylation sites (tertiary alicyclic amines) is 1. The molecule has 1 saturated heterocycles. The molecule has 2 amide bonds. The van der Waals surface area contributed by atoms with Crippen molar-refractivity contribution in [1.29, 1.82) is 0 Å². The van der Waals surface area contributed by atoms with Gasteiger partial charge < -0.3 is 15.5 Å². The lowest BCUT2D eigenvalue weighted by Crippen LogP contribution is -2.43. The van der Waals surface area contributed by atoms with Crippen LogP contribution in [0.4, 0.5) is 10.1 Å². The largest absolute Gasteiger partial charge is 0.375 e. The maximum Gasteiger partial charge on any atom is 0.233 e. The zero-order valence-electron chi connectivity index (χ0n) is 18.3. The van der Waals surface area contributed by atoms with Gasteiger partial charge in [-0.15, -0.1) is 0 Å². The van der Waals surface area contributed by atoms with Gasteiger partial charge in [0.05, 0.1) is 24.1 Å². The Hall–Kier alpha value is -2.90. The molecule has 7 nitrogen and oxygen atoms in total. The number of guanidine groups is 1. The quantitative estimate of drug-likeness (QED) is 0.300. The predicted molar refractivity (Wildman–Crippen MR) is 118 cm³/mol. The minimum atomic E-state index is -0.282. The second-order valence-corrected chi connectivity index (χ2v) is 8.63. The molecule has 1 heterocycles. The highest BCUT2D eigenvalue weighted by atomic mass is 19.1. The number of allylic oxidation sites excluding steroid dienone is 2. The number of aliphatic imine (C=N–C) groups is 1. The number of carbonyl (C=O) groups is 2. The number of nitrogens with one attached hydrogen (secondary N) is 2. The van der Waals surface area contributed by atoms with Gasteiger partial charge in [0.15, 0.2) is 5.96 Å². The van der Waals surface area contributed by atoms with Crippen LogP contribution in [0.3, 0.4) is 0 Å². The van der Waals surface area contributed by atoms with E-state index in [-0.39, 0.29) is 41.3 Å². The van der Waals surface area contributed by atoms with Crippen LogP contribution >= 0.6 is 0 Å². The number of hydrogen-bond acceptors (Lipinski definition) is 4. The van der Waals surface area contributed by atoms with Crippen LogP contribution in [-0.4, -0.2) is 56.4 Å². The fraction of sp³-hybridized carbons (Fsp3) is 0.522. The molecular formula is C23H30FN5O2. The molecule has 1 aromatic carbocycles. The molecule has 4 rings (SSSR count). The maximum atomic E-state index is 14.2. The van der Waals surface area contributed by atoms with E-state index in [2.05, 4.69) is 27.8 Å². The average Bonchev–Trinajstić information content (AvgIpc) is 3.41. The second-order valence-electron chi connectivity index (χ2n) is 8.63. The third-order valence-corrected chi connectivity index (χ3v) is 6.45. The summed E-state index contributed by atoms with van der Waals surface area (Å²) >= 11 is 0. The summed E-state index contributed by atoms with van der Waals surface area (Å²) in [6.07, 6.45) is 5.14. The minimum Gasteiger partial charge on any atom is -0.375 e. The van der Waals surface area contributed by atoms with Crippen molar-refractivity contribution < 1.29 is 14.0 Å². The molecule has 166 valence electrons. The molecule has 1 saturated carbocycles. The van der Waals surface area contributed by atoms with Gasteiger partial charge in [0.2, 0.25) is 11.8 Å². The molecule has 2 bridgehead atoms. The Morgan fingerprint density at radius 2 is 1.84 bits per heavy atom. The summed E-state index contributed by atoms with van der Waals surface area (Å²) in [6.45, 7) is 3.68. The molecule has 0 radical (unpaired) electrons. The first kappa shape index (κ1) is 21.3. The first-order valence-electron chi connectivity index (χ1n) is 10.9. The number of imide groups is 1. The molecule has 31 heavy (non-hydrogen) atoms. The average molecular weight is 428 g/mol. The molecule has 3 aliphatic rings. The standard InChI is InChI=1S/C23H30FN5O2/c1-4-25-23(27-13-14-5-8-18(28(2)3)17(24)11-14)26-9-10-29-21(30)19-15-6-7-16(12-15)20(19)22(29)31/h5-8,11,15-16,19-20H,4,9-10,12-13H2,1-3H3,(H2,25,26,27). The van der Waals surface area contributed by atoms with Gasteiger partial charge in [-0.05, 0) is 42.9 Å². The van der Waals surface area contributed by atoms with Crippen molar-refractivity contribution in [3.63, 3.8) is 0 Å². The van der Waals surface area contributed by atoms with E-state index in [9.17, 15) is 14.0 Å². The number of rotatable bonds is 7. The molecule has 4 unspecified atom stereocenters. The lowest BCUT2D eigenvalue weighted by atomic mass is 9.85. The van der Waals surface area contributed by atoms with Crippen molar-refractivity contribution in [1.82, 2.24) is 15.5 Å². The Kier molecular flexibility index (Phi) is 5.98. The molecule has 2 fully saturated rings. The van der Waals surface area contributed by atoms with Crippen LogP contribution in [-0.2, 0) is 16.1 Å². The van der Waals surface area contributed by atoms with E-state index in [1.165, 1.54) is 11.0 Å². The molecule has 0 spiro atoms. The van der Waals surface area contributed by atoms with Crippen molar-refractivity contribution in [2.75, 3.05) is 38.6 Å². The van der Waals surface area contributed by atoms with Crippen molar-refractivity contribution in [2.45, 2.75) is 19.9 Å². The number of amides is 2. The molecule has 4 atom stereocenters. The molecule has 1 aromatic rings. The Bertz CT molecular complexity index is 899. The predicted octanol–water partition coefficient (Wildman–Crippen LogP) is 1.75. The van der Waals surface area contributed by atoms with Crippen molar-refractivity contribution >= 4 is 23.5 Å². The molecule has 1 aliphatic heterocycles. The summed E-state index contributed by atoms with van der Waals surface area (Å²) in [5.41, 5.74) is 1.30. The number of benzene rings is 1. The van der Waals surface area contributed by atoms with E-state index in [4.69, 9.17) is 0 Å². The van der Waals surface area contributed by atoms with Crippen molar-refractivity contribution in [3.05, 3.63) is 41.7 Å². The fourth-order valence-corrected chi connectivity index (χ4v) is 4.99. The normalized spacial score (nSPS) is 26.6. The molecule has 8 heteroatoms. The summed E-state index contributed by atoms with van der Waals surface area (Å²) < 4.78 is 14.2. The van der Waals surface area contributed by atoms with Crippen molar-refractivity contribution in [3.8, 4) is 0 Å². The Morgan fingerprint density at radius 3 is 2.42 bits per heavy atom. The molecule has 0 aromatic heterocycles. The number of carbonyl (C=O) groups excluding carboxylic acids is 2. The van der Waals surface area contributed by atoms with Gasteiger partial charge >= 0.3 is 0 Å². The van der Waals surface area contributed by atoms with E-state index in [0.717, 1.165) is 12.0 Å². The van der Waals surface area contributed by atoms with Gasteiger partial charge in [0.25, 0.3) is 0 Å². The first-order valence-corrected chi connectivity index (χ1v) is 10.9. The number of anilines is 1. The van der Waals surface area contributed by atoms with Crippen LogP contribution in [0, 0.1) is 29.5 Å². The van der Waals surface area contributed by atoms with E-state index >= 15 is 0 Å². The Labute approximate surface area is 182 Å². The van der Waals surface area contributed by atoms with Crippen LogP contribution < -0.4 is 15.5 Å². The Morgan fingerprint density at radius 1 is 1.16 bits per heavy atom.